The Morgan fingerprint density at radius 1 is 0.593 bits per heavy atom. The Bertz CT molecular complexity index is 1440. The first kappa shape index (κ1) is 15.3. The zero-order chi connectivity index (χ0) is 18.0. The van der Waals surface area contributed by atoms with Crippen LogP contribution in [0.2, 0.25) is 0 Å². The van der Waals surface area contributed by atoms with E-state index < -0.39 is 0 Å². The van der Waals surface area contributed by atoms with Crippen molar-refractivity contribution in [2.75, 3.05) is 0 Å². The topological polar surface area (TPSA) is 18.1 Å². The van der Waals surface area contributed by atoms with Crippen LogP contribution in [0.1, 0.15) is 0 Å². The largest absolute Gasteiger partial charge is 0.456 e. The smallest absolute Gasteiger partial charge is 0.135 e. The maximum Gasteiger partial charge on any atom is 0.135 e. The minimum atomic E-state index is 0.927. The van der Waals surface area contributed by atoms with Gasteiger partial charge in [-0.15, -0.1) is 0 Å². The van der Waals surface area contributed by atoms with Gasteiger partial charge in [0.2, 0.25) is 0 Å². The second-order valence-electron chi connectivity index (χ2n) is 6.79. The van der Waals surface area contributed by atoms with Crippen LogP contribution in [-0.4, -0.2) is 4.57 Å². The van der Waals surface area contributed by atoms with Crippen molar-refractivity contribution in [2.45, 2.75) is 0 Å². The fourth-order valence-electron chi connectivity index (χ4n) is 4.08. The third-order valence-corrected chi connectivity index (χ3v) is 5.92. The van der Waals surface area contributed by atoms with Gasteiger partial charge in [-0.05, 0) is 71.1 Å². The van der Waals surface area contributed by atoms with Crippen LogP contribution in [0.25, 0.3) is 49.4 Å². The number of para-hydroxylation sites is 2. The third-order valence-electron chi connectivity index (χ3n) is 5.25. The summed E-state index contributed by atoms with van der Waals surface area (Å²) >= 11 is 2.35. The molecule has 0 bridgehead atoms. The zero-order valence-electron chi connectivity index (χ0n) is 14.3. The lowest BCUT2D eigenvalue weighted by Crippen LogP contribution is -1.93. The van der Waals surface area contributed by atoms with E-state index in [2.05, 4.69) is 112 Å². The second kappa shape index (κ2) is 5.60. The molecule has 2 heterocycles. The highest BCUT2D eigenvalue weighted by molar-refractivity contribution is 14.1. The summed E-state index contributed by atoms with van der Waals surface area (Å²) in [5, 5.41) is 4.88. The zero-order valence-corrected chi connectivity index (χ0v) is 16.5. The van der Waals surface area contributed by atoms with Crippen molar-refractivity contribution in [1.82, 2.24) is 4.57 Å². The molecule has 2 aromatic heterocycles. The monoisotopic (exact) mass is 459 g/mol. The standard InChI is InChI=1S/C24H14INO/c25-15-9-11-23-19(13-15)20-14-16(10-12-24(20)27-23)26-21-7-3-1-5-17(21)18-6-2-4-8-22(18)26/h1-14H. The highest BCUT2D eigenvalue weighted by Gasteiger charge is 2.13. The van der Waals surface area contributed by atoms with Crippen LogP contribution < -0.4 is 0 Å². The van der Waals surface area contributed by atoms with Gasteiger partial charge in [0.1, 0.15) is 11.2 Å². The molecule has 0 saturated carbocycles. The molecule has 4 aromatic carbocycles. The van der Waals surface area contributed by atoms with E-state index in [0.29, 0.717) is 0 Å². The van der Waals surface area contributed by atoms with Crippen LogP contribution in [0.15, 0.2) is 89.3 Å². The number of hydrogen-bond acceptors (Lipinski definition) is 1. The number of hydrogen-bond donors (Lipinski definition) is 0. The summed E-state index contributed by atoms with van der Waals surface area (Å²) in [6, 6.07) is 30.0. The molecular weight excluding hydrogens is 445 g/mol. The van der Waals surface area contributed by atoms with Crippen molar-refractivity contribution in [3.63, 3.8) is 0 Å². The predicted octanol–water partition coefficient (Wildman–Crippen LogP) is 7.29. The van der Waals surface area contributed by atoms with E-state index in [1.807, 2.05) is 0 Å². The lowest BCUT2D eigenvalue weighted by atomic mass is 10.1. The fraction of sp³-hybridized carbons (Fsp3) is 0. The maximum atomic E-state index is 6.04. The molecule has 27 heavy (non-hydrogen) atoms. The second-order valence-corrected chi connectivity index (χ2v) is 8.04. The molecule has 0 spiro atoms. The Labute approximate surface area is 169 Å². The van der Waals surface area contributed by atoms with E-state index in [1.165, 1.54) is 30.8 Å². The highest BCUT2D eigenvalue weighted by atomic mass is 127. The van der Waals surface area contributed by atoms with Crippen LogP contribution in [0.4, 0.5) is 0 Å². The van der Waals surface area contributed by atoms with Gasteiger partial charge in [0.05, 0.1) is 11.0 Å². The maximum absolute atomic E-state index is 6.04. The summed E-state index contributed by atoms with van der Waals surface area (Å²) in [5.74, 6) is 0. The number of nitrogens with zero attached hydrogens (tertiary/aromatic N) is 1. The summed E-state index contributed by atoms with van der Waals surface area (Å²) in [5.41, 5.74) is 5.46. The number of fused-ring (bicyclic) bond motifs is 6. The average Bonchev–Trinajstić information content (AvgIpc) is 3.23. The molecule has 6 rings (SSSR count). The molecule has 3 heteroatoms. The van der Waals surface area contributed by atoms with Crippen molar-refractivity contribution < 1.29 is 4.42 Å². The van der Waals surface area contributed by atoms with Gasteiger partial charge in [0.15, 0.2) is 0 Å². The number of benzene rings is 4. The van der Waals surface area contributed by atoms with E-state index in [-0.39, 0.29) is 0 Å². The summed E-state index contributed by atoms with van der Waals surface area (Å²) in [6.07, 6.45) is 0. The average molecular weight is 459 g/mol. The summed E-state index contributed by atoms with van der Waals surface area (Å²) in [4.78, 5) is 0. The molecule has 128 valence electrons. The van der Waals surface area contributed by atoms with Gasteiger partial charge in [-0.25, -0.2) is 0 Å². The molecule has 0 saturated heterocycles. The molecule has 0 aliphatic heterocycles. The van der Waals surface area contributed by atoms with Crippen LogP contribution in [-0.2, 0) is 0 Å². The number of furan rings is 1. The van der Waals surface area contributed by atoms with Crippen LogP contribution in [0.3, 0.4) is 0 Å². The molecule has 0 N–H and O–H groups in total. The van der Waals surface area contributed by atoms with Crippen molar-refractivity contribution in [3.8, 4) is 5.69 Å². The van der Waals surface area contributed by atoms with Gasteiger partial charge in [0.25, 0.3) is 0 Å². The van der Waals surface area contributed by atoms with Gasteiger partial charge >= 0.3 is 0 Å². The predicted molar refractivity (Wildman–Crippen MR) is 121 cm³/mol. The Hall–Kier alpha value is -2.79. The van der Waals surface area contributed by atoms with E-state index in [0.717, 1.165) is 22.2 Å². The van der Waals surface area contributed by atoms with Gasteiger partial charge in [-0.2, -0.15) is 0 Å². The Morgan fingerprint density at radius 2 is 1.19 bits per heavy atom. The van der Waals surface area contributed by atoms with Crippen molar-refractivity contribution in [2.24, 2.45) is 0 Å². The van der Waals surface area contributed by atoms with E-state index in [1.54, 1.807) is 0 Å². The molecule has 0 fully saturated rings. The first-order valence-corrected chi connectivity index (χ1v) is 9.98. The molecule has 6 aromatic rings. The van der Waals surface area contributed by atoms with Gasteiger partial charge in [0, 0.05) is 30.8 Å². The van der Waals surface area contributed by atoms with Gasteiger partial charge in [-0.3, -0.25) is 0 Å². The molecule has 2 nitrogen and oxygen atoms in total. The summed E-state index contributed by atoms with van der Waals surface area (Å²) in [7, 11) is 0. The highest BCUT2D eigenvalue weighted by Crippen LogP contribution is 2.35. The molecule has 0 amide bonds. The number of rotatable bonds is 1. The van der Waals surface area contributed by atoms with Crippen molar-refractivity contribution in [1.29, 1.82) is 0 Å². The minimum Gasteiger partial charge on any atom is -0.456 e. The number of aromatic nitrogens is 1. The van der Waals surface area contributed by atoms with E-state index in [9.17, 15) is 0 Å². The van der Waals surface area contributed by atoms with Crippen LogP contribution >= 0.6 is 22.6 Å². The van der Waals surface area contributed by atoms with Gasteiger partial charge in [-0.1, -0.05) is 36.4 Å². The number of halogens is 1. The molecule has 0 unspecified atom stereocenters. The first-order chi connectivity index (χ1) is 13.3. The summed E-state index contributed by atoms with van der Waals surface area (Å²) < 4.78 is 9.60. The fourth-order valence-corrected chi connectivity index (χ4v) is 4.57. The normalized spacial score (nSPS) is 11.9. The minimum absolute atomic E-state index is 0.927. The van der Waals surface area contributed by atoms with Gasteiger partial charge < -0.3 is 8.98 Å². The lowest BCUT2D eigenvalue weighted by Gasteiger charge is -2.07. The van der Waals surface area contributed by atoms with Crippen LogP contribution in [0.5, 0.6) is 0 Å². The van der Waals surface area contributed by atoms with E-state index in [4.69, 9.17) is 4.42 Å². The quantitative estimate of drug-likeness (QED) is 0.236. The summed E-state index contributed by atoms with van der Waals surface area (Å²) in [6.45, 7) is 0. The Kier molecular flexibility index (Phi) is 3.17. The van der Waals surface area contributed by atoms with E-state index >= 15 is 0 Å². The van der Waals surface area contributed by atoms with Crippen LogP contribution in [0, 0.1) is 3.57 Å². The first-order valence-electron chi connectivity index (χ1n) is 8.90. The third kappa shape index (κ3) is 2.18. The van der Waals surface area contributed by atoms with Crippen molar-refractivity contribution in [3.05, 3.63) is 88.5 Å². The molecule has 0 aliphatic rings. The molecule has 0 radical (unpaired) electrons. The molecular formula is C24H14INO. The Morgan fingerprint density at radius 3 is 1.89 bits per heavy atom. The van der Waals surface area contributed by atoms with Crippen molar-refractivity contribution >= 4 is 66.3 Å². The molecule has 0 atom stereocenters. The molecule has 0 aliphatic carbocycles. The SMILES string of the molecule is Ic1ccc2oc3ccc(-n4c5ccccc5c5ccccc54)cc3c2c1. The Balaban J connectivity index is 1.74. The lowest BCUT2D eigenvalue weighted by molar-refractivity contribution is 0.669.